The van der Waals surface area contributed by atoms with Gasteiger partial charge in [0.2, 0.25) is 0 Å². The second kappa shape index (κ2) is 5.06. The highest BCUT2D eigenvalue weighted by molar-refractivity contribution is 5.94. The lowest BCUT2D eigenvalue weighted by molar-refractivity contribution is -0.132. The molecule has 0 aliphatic carbocycles. The maximum absolute atomic E-state index is 11.2. The minimum absolute atomic E-state index is 0.256. The lowest BCUT2D eigenvalue weighted by Gasteiger charge is -2.24. The van der Waals surface area contributed by atoms with Gasteiger partial charge in [-0.15, -0.1) is 0 Å². The van der Waals surface area contributed by atoms with Crippen LogP contribution < -0.4 is 11.6 Å². The maximum Gasteiger partial charge on any atom is 0.431 e. The zero-order valence-corrected chi connectivity index (χ0v) is 9.06. The van der Waals surface area contributed by atoms with Crippen molar-refractivity contribution in [3.8, 4) is 0 Å². The van der Waals surface area contributed by atoms with Crippen molar-refractivity contribution in [1.29, 1.82) is 0 Å². The monoisotopic (exact) mass is 219 g/mol. The van der Waals surface area contributed by atoms with Gasteiger partial charge in [0, 0.05) is 0 Å². The van der Waals surface area contributed by atoms with E-state index in [0.717, 1.165) is 0 Å². The molecule has 15 heavy (non-hydrogen) atoms. The normalized spacial score (nSPS) is 13.2. The fourth-order valence-corrected chi connectivity index (χ4v) is 0.658. The molecule has 7 heteroatoms. The molecular formula is C8H17N3O4. The topological polar surface area (TPSA) is 119 Å². The van der Waals surface area contributed by atoms with Crippen molar-refractivity contribution in [1.82, 2.24) is 5.01 Å². The molecule has 88 valence electrons. The summed E-state index contributed by atoms with van der Waals surface area (Å²) in [4.78, 5) is 22.5. The first-order valence-corrected chi connectivity index (χ1v) is 4.37. The van der Waals surface area contributed by atoms with Crippen molar-refractivity contribution in [2.75, 3.05) is 6.61 Å². The van der Waals surface area contributed by atoms with Crippen LogP contribution in [0.4, 0.5) is 4.79 Å². The van der Waals surface area contributed by atoms with Crippen LogP contribution in [0, 0.1) is 0 Å². The van der Waals surface area contributed by atoms with Gasteiger partial charge in [0.05, 0.1) is 6.61 Å². The van der Waals surface area contributed by atoms with Crippen LogP contribution in [0.15, 0.2) is 0 Å². The van der Waals surface area contributed by atoms with Gasteiger partial charge in [-0.3, -0.25) is 4.79 Å². The fraction of sp³-hybridized carbons (Fsp3) is 0.750. The lowest BCUT2D eigenvalue weighted by atomic mass is 10.2. The molecule has 5 N–H and O–H groups in total. The highest BCUT2D eigenvalue weighted by Gasteiger charge is 2.27. The van der Waals surface area contributed by atoms with Gasteiger partial charge >= 0.3 is 6.09 Å². The zero-order chi connectivity index (χ0) is 12.2. The van der Waals surface area contributed by atoms with E-state index < -0.39 is 30.3 Å². The molecule has 0 rings (SSSR count). The van der Waals surface area contributed by atoms with E-state index in [-0.39, 0.29) is 5.01 Å². The average molecular weight is 219 g/mol. The van der Waals surface area contributed by atoms with E-state index >= 15 is 0 Å². The van der Waals surface area contributed by atoms with Gasteiger partial charge in [0.25, 0.3) is 5.91 Å². The Balaban J connectivity index is 4.39. The van der Waals surface area contributed by atoms with Crippen molar-refractivity contribution >= 4 is 12.0 Å². The molecule has 0 bridgehead atoms. The van der Waals surface area contributed by atoms with Crippen LogP contribution in [0.1, 0.15) is 20.8 Å². The zero-order valence-electron chi connectivity index (χ0n) is 9.06. The van der Waals surface area contributed by atoms with Gasteiger partial charge < -0.3 is 15.6 Å². The van der Waals surface area contributed by atoms with E-state index in [1.165, 1.54) is 0 Å². The van der Waals surface area contributed by atoms with Crippen molar-refractivity contribution in [2.45, 2.75) is 32.4 Å². The van der Waals surface area contributed by atoms with Gasteiger partial charge in [-0.2, -0.15) is 5.01 Å². The summed E-state index contributed by atoms with van der Waals surface area (Å²) < 4.78 is 4.82. The maximum atomic E-state index is 11.2. The summed E-state index contributed by atoms with van der Waals surface area (Å²) in [6.07, 6.45) is -1.00. The van der Waals surface area contributed by atoms with E-state index in [0.29, 0.717) is 0 Å². The SMILES string of the molecule is CC(C)(C)OC(=O)N(N)C(=O)C(N)CO. The van der Waals surface area contributed by atoms with Crippen LogP contribution in [-0.4, -0.2) is 40.4 Å². The summed E-state index contributed by atoms with van der Waals surface area (Å²) in [6.45, 7) is 4.31. The Morgan fingerprint density at radius 1 is 1.47 bits per heavy atom. The third-order valence-electron chi connectivity index (χ3n) is 1.34. The molecule has 0 aromatic carbocycles. The number of ether oxygens (including phenoxy) is 1. The molecular weight excluding hydrogens is 202 g/mol. The van der Waals surface area contributed by atoms with Gasteiger partial charge in [-0.1, -0.05) is 0 Å². The van der Waals surface area contributed by atoms with Gasteiger partial charge in [-0.25, -0.2) is 10.6 Å². The molecule has 0 aliphatic rings. The Hall–Kier alpha value is -1.18. The highest BCUT2D eigenvalue weighted by atomic mass is 16.6. The number of carbonyl (C=O) groups excluding carboxylic acids is 2. The van der Waals surface area contributed by atoms with Crippen molar-refractivity contribution < 1.29 is 19.4 Å². The first-order valence-electron chi connectivity index (χ1n) is 4.37. The number of nitrogens with zero attached hydrogens (tertiary/aromatic N) is 1. The highest BCUT2D eigenvalue weighted by Crippen LogP contribution is 2.08. The Labute approximate surface area is 87.9 Å². The standard InChI is InChI=1S/C8H17N3O4/c1-8(2,3)15-7(14)11(10)6(13)5(9)4-12/h5,12H,4,9-10H2,1-3H3. The fourth-order valence-electron chi connectivity index (χ4n) is 0.658. The minimum atomic E-state index is -1.22. The van der Waals surface area contributed by atoms with Gasteiger partial charge in [0.1, 0.15) is 11.6 Å². The molecule has 2 amide bonds. The molecule has 0 aromatic heterocycles. The molecule has 0 fully saturated rings. The number of nitrogens with two attached hydrogens (primary N) is 2. The Kier molecular flexibility index (Phi) is 4.66. The molecule has 1 unspecified atom stereocenters. The molecule has 0 saturated heterocycles. The van der Waals surface area contributed by atoms with Gasteiger partial charge in [-0.05, 0) is 20.8 Å². The van der Waals surface area contributed by atoms with Crippen LogP contribution >= 0.6 is 0 Å². The quantitative estimate of drug-likeness (QED) is 0.309. The Morgan fingerprint density at radius 2 is 1.93 bits per heavy atom. The third-order valence-corrected chi connectivity index (χ3v) is 1.34. The van der Waals surface area contributed by atoms with E-state index in [1.54, 1.807) is 20.8 Å². The summed E-state index contributed by atoms with van der Waals surface area (Å²) in [7, 11) is 0. The number of imide groups is 1. The number of hydrogen-bond acceptors (Lipinski definition) is 6. The van der Waals surface area contributed by atoms with E-state index in [4.69, 9.17) is 21.4 Å². The number of rotatable bonds is 2. The minimum Gasteiger partial charge on any atom is -0.442 e. The van der Waals surface area contributed by atoms with Crippen LogP contribution in [0.3, 0.4) is 0 Å². The number of aliphatic hydroxyl groups excluding tert-OH is 1. The summed E-state index contributed by atoms with van der Waals surface area (Å²) >= 11 is 0. The first-order chi connectivity index (χ1) is 6.69. The van der Waals surface area contributed by atoms with Gasteiger partial charge in [0.15, 0.2) is 0 Å². The Morgan fingerprint density at radius 3 is 2.27 bits per heavy atom. The van der Waals surface area contributed by atoms with Crippen molar-refractivity contribution in [2.24, 2.45) is 11.6 Å². The smallest absolute Gasteiger partial charge is 0.431 e. The molecule has 7 nitrogen and oxygen atoms in total. The number of carbonyl (C=O) groups is 2. The van der Waals surface area contributed by atoms with E-state index in [2.05, 4.69) is 0 Å². The molecule has 0 spiro atoms. The first kappa shape index (κ1) is 13.8. The molecule has 0 radical (unpaired) electrons. The molecule has 1 atom stereocenters. The molecule has 0 aliphatic heterocycles. The van der Waals surface area contributed by atoms with Crippen LogP contribution in [0.5, 0.6) is 0 Å². The number of hydrogen-bond donors (Lipinski definition) is 3. The van der Waals surface area contributed by atoms with Crippen LogP contribution in [0.2, 0.25) is 0 Å². The molecule has 0 aromatic rings. The summed E-state index contributed by atoms with van der Waals surface area (Å²) in [5.74, 6) is 4.27. The lowest BCUT2D eigenvalue weighted by Crippen LogP contribution is -2.53. The number of hydrazine groups is 1. The summed E-state index contributed by atoms with van der Waals surface area (Å²) in [5.41, 5.74) is 4.44. The largest absolute Gasteiger partial charge is 0.442 e. The number of aliphatic hydroxyl groups is 1. The van der Waals surface area contributed by atoms with E-state index in [1.807, 2.05) is 0 Å². The van der Waals surface area contributed by atoms with Crippen LogP contribution in [-0.2, 0) is 9.53 Å². The summed E-state index contributed by atoms with van der Waals surface area (Å²) in [5, 5.41) is 8.84. The number of amides is 2. The van der Waals surface area contributed by atoms with Crippen molar-refractivity contribution in [3.63, 3.8) is 0 Å². The van der Waals surface area contributed by atoms with Crippen LogP contribution in [0.25, 0.3) is 0 Å². The molecule has 0 saturated carbocycles. The summed E-state index contributed by atoms with van der Waals surface area (Å²) in [6, 6.07) is -1.22. The Bertz CT molecular complexity index is 249. The predicted molar refractivity (Wildman–Crippen MR) is 52.3 cm³/mol. The van der Waals surface area contributed by atoms with E-state index in [9.17, 15) is 9.59 Å². The molecule has 0 heterocycles. The third kappa shape index (κ3) is 4.73. The average Bonchev–Trinajstić information content (AvgIpc) is 2.11. The second-order valence-corrected chi connectivity index (χ2v) is 3.98. The van der Waals surface area contributed by atoms with Crippen molar-refractivity contribution in [3.05, 3.63) is 0 Å². The predicted octanol–water partition coefficient (Wildman–Crippen LogP) is -1.06. The second-order valence-electron chi connectivity index (χ2n) is 3.98.